The van der Waals surface area contributed by atoms with Crippen molar-refractivity contribution in [3.63, 3.8) is 0 Å². The Balaban J connectivity index is 2.18. The first kappa shape index (κ1) is 16.3. The molecule has 0 bridgehead atoms. The molecule has 1 aliphatic rings. The lowest BCUT2D eigenvalue weighted by atomic mass is 10.1. The number of carboxylic acid groups (broad SMARTS) is 1. The summed E-state index contributed by atoms with van der Waals surface area (Å²) < 4.78 is 5.52. The number of carbonyl (C=O) groups is 2. The molecule has 6 heteroatoms. The average Bonchev–Trinajstić information content (AvgIpc) is 2.43. The van der Waals surface area contributed by atoms with E-state index in [1.54, 1.807) is 23.1 Å². The molecule has 1 aromatic carbocycles. The van der Waals surface area contributed by atoms with Crippen molar-refractivity contribution in [1.29, 1.82) is 0 Å². The standard InChI is InChI=1S/C16H22N2O4/c1-16(2,3)17-9-13(19)11-4-5-14-12(8-11)18(6-7-22-14)10-15(20)21/h4-5,8,17H,6-7,9-10H2,1-3H3,(H,20,21). The Hall–Kier alpha value is -2.08. The minimum absolute atomic E-state index is 0.0291. The third-order valence-electron chi connectivity index (χ3n) is 3.35. The van der Waals surface area contributed by atoms with E-state index in [9.17, 15) is 9.59 Å². The molecule has 1 heterocycles. The minimum Gasteiger partial charge on any atom is -0.490 e. The topological polar surface area (TPSA) is 78.9 Å². The summed E-state index contributed by atoms with van der Waals surface area (Å²) in [6.45, 7) is 7.06. The van der Waals surface area contributed by atoms with Gasteiger partial charge in [0, 0.05) is 11.1 Å². The number of Topliss-reactive ketones (excluding diaryl/α,β-unsaturated/α-hetero) is 1. The van der Waals surface area contributed by atoms with Crippen LogP contribution in [0.4, 0.5) is 5.69 Å². The monoisotopic (exact) mass is 306 g/mol. The van der Waals surface area contributed by atoms with Crippen molar-refractivity contribution in [3.05, 3.63) is 23.8 Å². The van der Waals surface area contributed by atoms with Crippen molar-refractivity contribution in [1.82, 2.24) is 5.32 Å². The zero-order chi connectivity index (χ0) is 16.3. The summed E-state index contributed by atoms with van der Waals surface area (Å²) in [7, 11) is 0. The van der Waals surface area contributed by atoms with Gasteiger partial charge in [-0.1, -0.05) is 0 Å². The molecule has 2 rings (SSSR count). The summed E-state index contributed by atoms with van der Waals surface area (Å²) in [5.74, 6) is -0.314. The zero-order valence-electron chi connectivity index (χ0n) is 13.2. The van der Waals surface area contributed by atoms with Crippen LogP contribution in [0, 0.1) is 0 Å². The Bertz CT molecular complexity index is 578. The van der Waals surface area contributed by atoms with Gasteiger partial charge < -0.3 is 20.1 Å². The summed E-state index contributed by atoms with van der Waals surface area (Å²) in [5.41, 5.74) is 1.08. The van der Waals surface area contributed by atoms with Gasteiger partial charge in [0.1, 0.15) is 18.9 Å². The summed E-state index contributed by atoms with van der Waals surface area (Å²) in [4.78, 5) is 24.9. The van der Waals surface area contributed by atoms with Gasteiger partial charge >= 0.3 is 5.97 Å². The van der Waals surface area contributed by atoms with Crippen LogP contribution in [0.5, 0.6) is 5.75 Å². The fraction of sp³-hybridized carbons (Fsp3) is 0.500. The Labute approximate surface area is 130 Å². The third kappa shape index (κ3) is 4.21. The Morgan fingerprint density at radius 2 is 2.09 bits per heavy atom. The van der Waals surface area contributed by atoms with E-state index in [2.05, 4.69) is 5.32 Å². The van der Waals surface area contributed by atoms with Gasteiger partial charge in [0.25, 0.3) is 0 Å². The molecular formula is C16H22N2O4. The van der Waals surface area contributed by atoms with Crippen LogP contribution in [0.3, 0.4) is 0 Å². The molecule has 0 radical (unpaired) electrons. The first-order valence-corrected chi connectivity index (χ1v) is 7.28. The molecule has 120 valence electrons. The highest BCUT2D eigenvalue weighted by atomic mass is 16.5. The quantitative estimate of drug-likeness (QED) is 0.803. The van der Waals surface area contributed by atoms with Crippen molar-refractivity contribution < 1.29 is 19.4 Å². The number of carboxylic acids is 1. The van der Waals surface area contributed by atoms with Crippen LogP contribution in [0.15, 0.2) is 18.2 Å². The molecule has 0 saturated carbocycles. The normalized spacial score (nSPS) is 14.2. The SMILES string of the molecule is CC(C)(C)NCC(=O)c1ccc2c(c1)N(CC(=O)O)CCO2. The summed E-state index contributed by atoms with van der Waals surface area (Å²) in [5, 5.41) is 12.1. The molecule has 22 heavy (non-hydrogen) atoms. The van der Waals surface area contributed by atoms with Crippen molar-refractivity contribution in [2.24, 2.45) is 0 Å². The predicted octanol–water partition coefficient (Wildman–Crippen LogP) is 1.54. The smallest absolute Gasteiger partial charge is 0.323 e. The van der Waals surface area contributed by atoms with E-state index in [0.717, 1.165) is 0 Å². The number of aliphatic carboxylic acids is 1. The minimum atomic E-state index is -0.904. The first-order chi connectivity index (χ1) is 10.3. The Morgan fingerprint density at radius 1 is 1.36 bits per heavy atom. The maximum atomic E-state index is 12.3. The first-order valence-electron chi connectivity index (χ1n) is 7.28. The Kier molecular flexibility index (Phi) is 4.71. The molecular weight excluding hydrogens is 284 g/mol. The van der Waals surface area contributed by atoms with Gasteiger partial charge in [-0.25, -0.2) is 0 Å². The number of hydrogen-bond acceptors (Lipinski definition) is 5. The van der Waals surface area contributed by atoms with Crippen molar-refractivity contribution in [2.45, 2.75) is 26.3 Å². The van der Waals surface area contributed by atoms with Crippen molar-refractivity contribution in [2.75, 3.05) is 31.1 Å². The van der Waals surface area contributed by atoms with Crippen LogP contribution in [-0.4, -0.2) is 48.6 Å². The zero-order valence-corrected chi connectivity index (χ0v) is 13.2. The van der Waals surface area contributed by atoms with E-state index in [0.29, 0.717) is 30.2 Å². The third-order valence-corrected chi connectivity index (χ3v) is 3.35. The van der Waals surface area contributed by atoms with E-state index in [4.69, 9.17) is 9.84 Å². The highest BCUT2D eigenvalue weighted by Gasteiger charge is 2.22. The summed E-state index contributed by atoms with van der Waals surface area (Å²) in [6.07, 6.45) is 0. The lowest BCUT2D eigenvalue weighted by molar-refractivity contribution is -0.135. The number of nitrogens with one attached hydrogen (secondary N) is 1. The highest BCUT2D eigenvalue weighted by molar-refractivity contribution is 5.99. The summed E-state index contributed by atoms with van der Waals surface area (Å²) >= 11 is 0. The molecule has 0 saturated heterocycles. The van der Waals surface area contributed by atoms with Crippen molar-refractivity contribution >= 4 is 17.4 Å². The molecule has 1 aromatic rings. The number of benzene rings is 1. The molecule has 0 amide bonds. The number of nitrogens with zero attached hydrogens (tertiary/aromatic N) is 1. The van der Waals surface area contributed by atoms with Crippen LogP contribution >= 0.6 is 0 Å². The van der Waals surface area contributed by atoms with Gasteiger partial charge in [-0.3, -0.25) is 9.59 Å². The molecule has 0 fully saturated rings. The van der Waals surface area contributed by atoms with E-state index in [1.807, 2.05) is 20.8 Å². The molecule has 0 aromatic heterocycles. The number of ether oxygens (including phenoxy) is 1. The summed E-state index contributed by atoms with van der Waals surface area (Å²) in [6, 6.07) is 5.16. The van der Waals surface area contributed by atoms with E-state index in [-0.39, 0.29) is 24.4 Å². The van der Waals surface area contributed by atoms with Gasteiger partial charge in [0.2, 0.25) is 0 Å². The number of fused-ring (bicyclic) bond motifs is 1. The van der Waals surface area contributed by atoms with Gasteiger partial charge in [-0.15, -0.1) is 0 Å². The van der Waals surface area contributed by atoms with E-state index < -0.39 is 5.97 Å². The molecule has 1 aliphatic heterocycles. The van der Waals surface area contributed by atoms with Crippen molar-refractivity contribution in [3.8, 4) is 5.75 Å². The van der Waals surface area contributed by atoms with E-state index in [1.165, 1.54) is 0 Å². The fourth-order valence-corrected chi connectivity index (χ4v) is 2.22. The molecule has 0 atom stereocenters. The second-order valence-electron chi connectivity index (χ2n) is 6.37. The van der Waals surface area contributed by atoms with E-state index >= 15 is 0 Å². The lowest BCUT2D eigenvalue weighted by Crippen LogP contribution is -2.39. The van der Waals surface area contributed by atoms with Crippen LogP contribution in [0.2, 0.25) is 0 Å². The van der Waals surface area contributed by atoms with Gasteiger partial charge in [0.05, 0.1) is 18.8 Å². The molecule has 0 spiro atoms. The van der Waals surface area contributed by atoms with Crippen LogP contribution in [0.1, 0.15) is 31.1 Å². The molecule has 0 aliphatic carbocycles. The van der Waals surface area contributed by atoms with Crippen LogP contribution < -0.4 is 15.0 Å². The molecule has 0 unspecified atom stereocenters. The predicted molar refractivity (Wildman–Crippen MR) is 83.9 cm³/mol. The van der Waals surface area contributed by atoms with Crippen LogP contribution in [0.25, 0.3) is 0 Å². The van der Waals surface area contributed by atoms with Crippen LogP contribution in [-0.2, 0) is 4.79 Å². The number of rotatable bonds is 5. The number of hydrogen-bond donors (Lipinski definition) is 2. The fourth-order valence-electron chi connectivity index (χ4n) is 2.22. The largest absolute Gasteiger partial charge is 0.490 e. The maximum absolute atomic E-state index is 12.3. The lowest BCUT2D eigenvalue weighted by Gasteiger charge is -2.30. The van der Waals surface area contributed by atoms with Gasteiger partial charge in [0.15, 0.2) is 5.78 Å². The number of carbonyl (C=O) groups excluding carboxylic acids is 1. The number of anilines is 1. The van der Waals surface area contributed by atoms with Gasteiger partial charge in [-0.05, 0) is 39.0 Å². The highest BCUT2D eigenvalue weighted by Crippen LogP contribution is 2.32. The average molecular weight is 306 g/mol. The second kappa shape index (κ2) is 6.36. The Morgan fingerprint density at radius 3 is 2.73 bits per heavy atom. The maximum Gasteiger partial charge on any atom is 0.323 e. The second-order valence-corrected chi connectivity index (χ2v) is 6.37. The van der Waals surface area contributed by atoms with Gasteiger partial charge in [-0.2, -0.15) is 0 Å². The number of ketones is 1. The molecule has 6 nitrogen and oxygen atoms in total. The molecule has 2 N–H and O–H groups in total.